The molecule has 0 aromatic heterocycles. The van der Waals surface area contributed by atoms with Crippen LogP contribution in [0.15, 0.2) is 36.5 Å². The van der Waals surface area contributed by atoms with Gasteiger partial charge in [0.05, 0.1) is 25.4 Å². The smallest absolute Gasteiger partial charge is 0.305 e. The van der Waals surface area contributed by atoms with Crippen LogP contribution in [0, 0.1) is 0 Å². The summed E-state index contributed by atoms with van der Waals surface area (Å²) in [6.45, 7) is 4.94. The number of rotatable bonds is 72. The molecule has 2 unspecified atom stereocenters. The minimum atomic E-state index is -0.849. The third-order valence-electron chi connectivity index (χ3n) is 17.9. The number of hydrogen-bond donors (Lipinski definition) is 3. The van der Waals surface area contributed by atoms with Gasteiger partial charge in [0, 0.05) is 12.8 Å². The molecular weight excluding hydrogens is 1030 g/mol. The summed E-state index contributed by atoms with van der Waals surface area (Å²) in [4.78, 5) is 24.7. The van der Waals surface area contributed by atoms with Crippen LogP contribution < -0.4 is 5.32 Å². The number of unbranched alkanes of at least 4 members (excludes halogenated alkanes) is 57. The van der Waals surface area contributed by atoms with E-state index >= 15 is 0 Å². The van der Waals surface area contributed by atoms with Crippen LogP contribution >= 0.6 is 0 Å². The fourth-order valence-electron chi connectivity index (χ4n) is 12.0. The van der Waals surface area contributed by atoms with Crippen LogP contribution in [0.4, 0.5) is 0 Å². The van der Waals surface area contributed by atoms with E-state index in [0.717, 1.165) is 44.9 Å². The topological polar surface area (TPSA) is 95.9 Å². The SMILES string of the molecule is CCCCCCCC/C=C\CCCCCCCCCCCC(=O)OCCCCCCCCCCCCCC/C=C\CCCCCCCCCCC(=O)NC(CO)C(O)/C=C/CCCCCCCCCCCCCCCCCCCCCCCC. The van der Waals surface area contributed by atoms with Crippen molar-refractivity contribution in [3.05, 3.63) is 36.5 Å². The normalized spacial score (nSPS) is 12.7. The molecule has 3 N–H and O–H groups in total. The number of aliphatic hydroxyl groups excluding tert-OH is 2. The van der Waals surface area contributed by atoms with Crippen molar-refractivity contribution in [2.24, 2.45) is 0 Å². The molecule has 0 aromatic rings. The number of carbonyl (C=O) groups excluding carboxylic acids is 2. The van der Waals surface area contributed by atoms with E-state index in [1.807, 2.05) is 6.08 Å². The summed E-state index contributed by atoms with van der Waals surface area (Å²) in [5.74, 6) is -0.0556. The molecule has 496 valence electrons. The molecule has 0 bridgehead atoms. The summed E-state index contributed by atoms with van der Waals surface area (Å²) >= 11 is 0. The van der Waals surface area contributed by atoms with Crippen LogP contribution in [-0.4, -0.2) is 47.4 Å². The molecule has 0 fully saturated rings. The number of ether oxygens (including phenoxy) is 1. The molecule has 0 aliphatic heterocycles. The van der Waals surface area contributed by atoms with Crippen molar-refractivity contribution in [2.45, 2.75) is 437 Å². The zero-order valence-electron chi connectivity index (χ0n) is 56.9. The van der Waals surface area contributed by atoms with Crippen LogP contribution in [0.1, 0.15) is 425 Å². The second-order valence-electron chi connectivity index (χ2n) is 26.3. The lowest BCUT2D eigenvalue weighted by Gasteiger charge is -2.20. The molecule has 1 amide bonds. The largest absolute Gasteiger partial charge is 0.466 e. The van der Waals surface area contributed by atoms with Crippen molar-refractivity contribution in [3.8, 4) is 0 Å². The number of hydrogen-bond acceptors (Lipinski definition) is 5. The Labute approximate surface area is 525 Å². The van der Waals surface area contributed by atoms with Crippen molar-refractivity contribution >= 4 is 11.9 Å². The highest BCUT2D eigenvalue weighted by Gasteiger charge is 2.18. The zero-order valence-corrected chi connectivity index (χ0v) is 56.9. The Kier molecular flexibility index (Phi) is 71.9. The fraction of sp³-hybridized carbons (Fsp3) is 0.897. The van der Waals surface area contributed by atoms with E-state index in [1.54, 1.807) is 6.08 Å². The molecule has 6 nitrogen and oxygen atoms in total. The molecule has 0 heterocycles. The second kappa shape index (κ2) is 73.5. The summed E-state index contributed by atoms with van der Waals surface area (Å²) in [5.41, 5.74) is 0. The van der Waals surface area contributed by atoms with Gasteiger partial charge in [-0.2, -0.15) is 0 Å². The molecule has 6 heteroatoms. The summed E-state index contributed by atoms with van der Waals surface area (Å²) < 4.78 is 5.51. The van der Waals surface area contributed by atoms with Gasteiger partial charge in [-0.05, 0) is 83.5 Å². The highest BCUT2D eigenvalue weighted by atomic mass is 16.5. The Morgan fingerprint density at radius 1 is 0.321 bits per heavy atom. The predicted molar refractivity (Wildman–Crippen MR) is 370 cm³/mol. The van der Waals surface area contributed by atoms with Gasteiger partial charge in [-0.25, -0.2) is 0 Å². The Bertz CT molecular complexity index is 1360. The van der Waals surface area contributed by atoms with Crippen LogP contribution in [-0.2, 0) is 14.3 Å². The standard InChI is InChI=1S/C78H149NO5/c1-3-5-7-9-11-13-15-17-19-21-23-24-25-28-31-35-38-42-46-50-54-58-62-66-70-76(81)75(74-80)79-77(82)71-67-63-59-55-51-47-43-39-36-32-29-26-27-30-33-37-41-45-49-53-57-61-65-69-73-84-78(83)72-68-64-60-56-52-48-44-40-34-22-20-18-16-14-12-10-8-6-4-2/h18,20,29,32,66,70,75-76,80-81H,3-17,19,21-28,30-31,33-65,67-69,71-74H2,1-2H3,(H,79,82)/b20-18-,32-29-,70-66+. The minimum Gasteiger partial charge on any atom is -0.466 e. The third-order valence-corrected chi connectivity index (χ3v) is 17.9. The van der Waals surface area contributed by atoms with Gasteiger partial charge < -0.3 is 20.3 Å². The van der Waals surface area contributed by atoms with Gasteiger partial charge in [-0.3, -0.25) is 9.59 Å². The number of aliphatic hydroxyl groups is 2. The molecule has 2 atom stereocenters. The maximum atomic E-state index is 12.5. The minimum absolute atomic E-state index is 0.0125. The number of allylic oxidation sites excluding steroid dienone is 5. The number of esters is 1. The zero-order chi connectivity index (χ0) is 60.6. The lowest BCUT2D eigenvalue weighted by Crippen LogP contribution is -2.45. The molecular formula is C78H149NO5. The molecule has 0 saturated heterocycles. The van der Waals surface area contributed by atoms with Crippen molar-refractivity contribution < 1.29 is 24.5 Å². The first-order chi connectivity index (χ1) is 41.5. The Morgan fingerprint density at radius 3 is 0.845 bits per heavy atom. The number of amides is 1. The van der Waals surface area contributed by atoms with E-state index in [2.05, 4.69) is 43.5 Å². The van der Waals surface area contributed by atoms with Gasteiger partial charge in [0.1, 0.15) is 0 Å². The van der Waals surface area contributed by atoms with Gasteiger partial charge in [-0.1, -0.05) is 365 Å². The molecule has 0 aromatic carbocycles. The van der Waals surface area contributed by atoms with E-state index in [4.69, 9.17) is 4.74 Å². The number of nitrogens with one attached hydrogen (secondary N) is 1. The van der Waals surface area contributed by atoms with Crippen LogP contribution in [0.25, 0.3) is 0 Å². The lowest BCUT2D eigenvalue weighted by atomic mass is 10.0. The molecule has 0 rings (SSSR count). The highest BCUT2D eigenvalue weighted by molar-refractivity contribution is 5.76. The van der Waals surface area contributed by atoms with Crippen LogP contribution in [0.3, 0.4) is 0 Å². The van der Waals surface area contributed by atoms with E-state index in [1.165, 1.54) is 353 Å². The summed E-state index contributed by atoms with van der Waals surface area (Å²) in [5, 5.41) is 23.3. The van der Waals surface area contributed by atoms with Gasteiger partial charge in [0.25, 0.3) is 0 Å². The molecule has 0 spiro atoms. The Balaban J connectivity index is 3.41. The molecule has 84 heavy (non-hydrogen) atoms. The Hall–Kier alpha value is -1.92. The third kappa shape index (κ3) is 69.2. The van der Waals surface area contributed by atoms with E-state index < -0.39 is 12.1 Å². The van der Waals surface area contributed by atoms with Crippen LogP contribution in [0.5, 0.6) is 0 Å². The van der Waals surface area contributed by atoms with Crippen molar-refractivity contribution in [1.82, 2.24) is 5.32 Å². The van der Waals surface area contributed by atoms with E-state index in [0.29, 0.717) is 19.4 Å². The lowest BCUT2D eigenvalue weighted by molar-refractivity contribution is -0.143. The summed E-state index contributed by atoms with van der Waals surface area (Å²) in [6, 6.07) is -0.633. The maximum Gasteiger partial charge on any atom is 0.305 e. The van der Waals surface area contributed by atoms with Crippen molar-refractivity contribution in [1.29, 1.82) is 0 Å². The van der Waals surface area contributed by atoms with E-state index in [9.17, 15) is 19.8 Å². The fourth-order valence-corrected chi connectivity index (χ4v) is 12.0. The summed E-state index contributed by atoms with van der Waals surface area (Å²) in [6.07, 6.45) is 95.3. The molecule has 0 radical (unpaired) electrons. The second-order valence-corrected chi connectivity index (χ2v) is 26.3. The van der Waals surface area contributed by atoms with Crippen molar-refractivity contribution in [3.63, 3.8) is 0 Å². The van der Waals surface area contributed by atoms with Crippen LogP contribution in [0.2, 0.25) is 0 Å². The summed E-state index contributed by atoms with van der Waals surface area (Å²) in [7, 11) is 0. The molecule has 0 aliphatic rings. The predicted octanol–water partition coefficient (Wildman–Crippen LogP) is 25.0. The average molecular weight is 1180 g/mol. The van der Waals surface area contributed by atoms with Gasteiger partial charge in [-0.15, -0.1) is 0 Å². The van der Waals surface area contributed by atoms with Gasteiger partial charge in [0.2, 0.25) is 5.91 Å². The molecule has 0 saturated carbocycles. The van der Waals surface area contributed by atoms with Gasteiger partial charge in [0.15, 0.2) is 0 Å². The monoisotopic (exact) mass is 1180 g/mol. The molecule has 0 aliphatic carbocycles. The maximum absolute atomic E-state index is 12.5. The highest BCUT2D eigenvalue weighted by Crippen LogP contribution is 2.19. The van der Waals surface area contributed by atoms with E-state index in [-0.39, 0.29) is 18.5 Å². The first-order valence-corrected chi connectivity index (χ1v) is 38.3. The average Bonchev–Trinajstić information content (AvgIpc) is 3.51. The van der Waals surface area contributed by atoms with Crippen molar-refractivity contribution in [2.75, 3.05) is 13.2 Å². The Morgan fingerprint density at radius 2 is 0.560 bits per heavy atom. The number of carbonyl (C=O) groups is 2. The quantitative estimate of drug-likeness (QED) is 0.0320. The first-order valence-electron chi connectivity index (χ1n) is 38.3. The first kappa shape index (κ1) is 82.1. The van der Waals surface area contributed by atoms with Gasteiger partial charge >= 0.3 is 5.97 Å².